The summed E-state index contributed by atoms with van der Waals surface area (Å²) < 4.78 is 0. The molecular formula is C15H25NSSi. The Morgan fingerprint density at radius 2 is 1.83 bits per heavy atom. The summed E-state index contributed by atoms with van der Waals surface area (Å²) in [5.41, 5.74) is 5.44. The van der Waals surface area contributed by atoms with Crippen molar-refractivity contribution in [3.8, 4) is 0 Å². The molecule has 1 N–H and O–H groups in total. The summed E-state index contributed by atoms with van der Waals surface area (Å²) in [7, 11) is -1.52. The SMILES string of the molecule is CC1=C(C)C([Si](C)(C)NC(C)(C)C)c2sccc21. The Bertz CT molecular complexity index is 491. The molecule has 0 saturated heterocycles. The van der Waals surface area contributed by atoms with Gasteiger partial charge < -0.3 is 4.98 Å². The lowest BCUT2D eigenvalue weighted by Crippen LogP contribution is -2.57. The van der Waals surface area contributed by atoms with E-state index in [1.165, 1.54) is 11.1 Å². The number of fused-ring (bicyclic) bond motifs is 1. The molecule has 18 heavy (non-hydrogen) atoms. The zero-order valence-electron chi connectivity index (χ0n) is 12.6. The Balaban J connectivity index is 2.41. The van der Waals surface area contributed by atoms with Crippen molar-refractivity contribution in [3.05, 3.63) is 27.5 Å². The minimum absolute atomic E-state index is 0.198. The summed E-state index contributed by atoms with van der Waals surface area (Å²) in [5, 5.41) is 2.25. The number of rotatable bonds is 2. The highest BCUT2D eigenvalue weighted by atomic mass is 32.1. The summed E-state index contributed by atoms with van der Waals surface area (Å²) >= 11 is 1.93. The zero-order chi connectivity index (χ0) is 13.7. The molecule has 0 bridgehead atoms. The van der Waals surface area contributed by atoms with Crippen LogP contribution in [0.5, 0.6) is 0 Å². The molecule has 1 unspecified atom stereocenters. The zero-order valence-corrected chi connectivity index (χ0v) is 14.5. The lowest BCUT2D eigenvalue weighted by molar-refractivity contribution is 0.508. The van der Waals surface area contributed by atoms with Crippen molar-refractivity contribution in [1.82, 2.24) is 4.98 Å². The van der Waals surface area contributed by atoms with Crippen molar-refractivity contribution in [2.75, 3.05) is 0 Å². The van der Waals surface area contributed by atoms with Gasteiger partial charge >= 0.3 is 0 Å². The lowest BCUT2D eigenvalue weighted by atomic mass is 10.1. The largest absolute Gasteiger partial charge is 0.332 e. The molecule has 0 radical (unpaired) electrons. The van der Waals surface area contributed by atoms with Gasteiger partial charge in [-0.3, -0.25) is 0 Å². The third-order valence-electron chi connectivity index (χ3n) is 3.80. The first-order valence-corrected chi connectivity index (χ1v) is 10.6. The fraction of sp³-hybridized carbons (Fsp3) is 0.600. The van der Waals surface area contributed by atoms with E-state index in [1.807, 2.05) is 11.3 Å². The van der Waals surface area contributed by atoms with Gasteiger partial charge in [0.2, 0.25) is 0 Å². The number of thiophene rings is 1. The maximum atomic E-state index is 3.93. The van der Waals surface area contributed by atoms with E-state index in [1.54, 1.807) is 10.5 Å². The number of allylic oxidation sites excluding steroid dienone is 2. The fourth-order valence-electron chi connectivity index (χ4n) is 3.39. The third kappa shape index (κ3) is 2.36. The molecule has 1 aromatic rings. The van der Waals surface area contributed by atoms with Crippen molar-refractivity contribution in [3.63, 3.8) is 0 Å². The van der Waals surface area contributed by atoms with Crippen LogP contribution in [-0.2, 0) is 0 Å². The Kier molecular flexibility index (Phi) is 3.37. The van der Waals surface area contributed by atoms with Crippen LogP contribution in [0.2, 0.25) is 13.1 Å². The van der Waals surface area contributed by atoms with Gasteiger partial charge in [0.1, 0.15) is 8.24 Å². The summed E-state index contributed by atoms with van der Waals surface area (Å²) in [6.07, 6.45) is 0. The predicted octanol–water partition coefficient (Wildman–Crippen LogP) is 4.77. The molecule has 0 amide bonds. The van der Waals surface area contributed by atoms with Crippen LogP contribution < -0.4 is 4.98 Å². The molecular weight excluding hydrogens is 254 g/mol. The van der Waals surface area contributed by atoms with E-state index in [4.69, 9.17) is 0 Å². The monoisotopic (exact) mass is 279 g/mol. The number of nitrogens with one attached hydrogen (secondary N) is 1. The van der Waals surface area contributed by atoms with Crippen LogP contribution in [0.15, 0.2) is 17.0 Å². The van der Waals surface area contributed by atoms with Gasteiger partial charge in [0.25, 0.3) is 0 Å². The van der Waals surface area contributed by atoms with Crippen molar-refractivity contribution in [2.24, 2.45) is 0 Å². The highest BCUT2D eigenvalue weighted by Gasteiger charge is 2.42. The molecule has 1 aliphatic rings. The smallest absolute Gasteiger partial charge is 0.132 e. The molecule has 0 aliphatic heterocycles. The average molecular weight is 280 g/mol. The quantitative estimate of drug-likeness (QED) is 0.769. The maximum absolute atomic E-state index is 3.93. The fourth-order valence-corrected chi connectivity index (χ4v) is 9.67. The topological polar surface area (TPSA) is 12.0 Å². The summed E-state index contributed by atoms with van der Waals surface area (Å²) in [6.45, 7) is 16.4. The second-order valence-electron chi connectivity index (χ2n) is 7.04. The van der Waals surface area contributed by atoms with E-state index in [-0.39, 0.29) is 5.54 Å². The van der Waals surface area contributed by atoms with Crippen molar-refractivity contribution in [2.45, 2.75) is 58.8 Å². The molecule has 0 saturated carbocycles. The van der Waals surface area contributed by atoms with Crippen molar-refractivity contribution in [1.29, 1.82) is 0 Å². The maximum Gasteiger partial charge on any atom is 0.132 e. The molecule has 1 atom stereocenters. The second-order valence-corrected chi connectivity index (χ2v) is 12.3. The molecule has 1 nitrogen and oxygen atoms in total. The van der Waals surface area contributed by atoms with Crippen LogP contribution in [0, 0.1) is 0 Å². The van der Waals surface area contributed by atoms with Gasteiger partial charge in [0.05, 0.1) is 0 Å². The standard InChI is InChI=1S/C15H25NSSi/c1-10-11(2)14(13-12(10)8-9-17-13)18(6,7)16-15(3,4)5/h8-9,14,16H,1-7H3. The van der Waals surface area contributed by atoms with Gasteiger partial charge in [-0.2, -0.15) is 0 Å². The van der Waals surface area contributed by atoms with Gasteiger partial charge in [-0.25, -0.2) is 0 Å². The molecule has 0 fully saturated rings. The Labute approximate surface area is 116 Å². The molecule has 1 heterocycles. The Morgan fingerprint density at radius 3 is 2.39 bits per heavy atom. The van der Waals surface area contributed by atoms with Crippen LogP contribution >= 0.6 is 11.3 Å². The van der Waals surface area contributed by atoms with Gasteiger partial charge in [-0.05, 0) is 57.2 Å². The van der Waals surface area contributed by atoms with Crippen LogP contribution in [0.25, 0.3) is 5.57 Å². The molecule has 1 aliphatic carbocycles. The molecule has 100 valence electrons. The molecule has 0 spiro atoms. The first kappa shape index (κ1) is 14.0. The van der Waals surface area contributed by atoms with Gasteiger partial charge in [0.15, 0.2) is 0 Å². The number of hydrogen-bond acceptors (Lipinski definition) is 2. The highest BCUT2D eigenvalue weighted by Crippen LogP contribution is 2.48. The average Bonchev–Trinajstić information content (AvgIpc) is 2.67. The molecule has 1 aromatic heterocycles. The van der Waals surface area contributed by atoms with E-state index in [0.29, 0.717) is 5.54 Å². The van der Waals surface area contributed by atoms with Gasteiger partial charge in [-0.1, -0.05) is 18.7 Å². The van der Waals surface area contributed by atoms with Crippen LogP contribution in [0.3, 0.4) is 0 Å². The van der Waals surface area contributed by atoms with Gasteiger partial charge in [0, 0.05) is 16.0 Å². The van der Waals surface area contributed by atoms with E-state index < -0.39 is 8.24 Å². The minimum atomic E-state index is -1.52. The minimum Gasteiger partial charge on any atom is -0.332 e. The predicted molar refractivity (Wildman–Crippen MR) is 85.7 cm³/mol. The van der Waals surface area contributed by atoms with E-state index >= 15 is 0 Å². The number of hydrogen-bond donors (Lipinski definition) is 1. The molecule has 0 aromatic carbocycles. The Morgan fingerprint density at radius 1 is 1.22 bits per heavy atom. The van der Waals surface area contributed by atoms with E-state index in [9.17, 15) is 0 Å². The Hall–Kier alpha value is -0.383. The summed E-state index contributed by atoms with van der Waals surface area (Å²) in [4.78, 5) is 5.53. The highest BCUT2D eigenvalue weighted by molar-refractivity contribution is 7.11. The first-order valence-electron chi connectivity index (χ1n) is 6.68. The summed E-state index contributed by atoms with van der Waals surface area (Å²) in [5.74, 6) is 0. The van der Waals surface area contributed by atoms with Crippen LogP contribution in [0.4, 0.5) is 0 Å². The third-order valence-corrected chi connectivity index (χ3v) is 8.56. The normalized spacial score (nSPS) is 20.5. The van der Waals surface area contributed by atoms with Crippen LogP contribution in [-0.4, -0.2) is 13.8 Å². The van der Waals surface area contributed by atoms with E-state index in [2.05, 4.69) is 64.1 Å². The summed E-state index contributed by atoms with van der Waals surface area (Å²) in [6, 6.07) is 2.29. The van der Waals surface area contributed by atoms with Gasteiger partial charge in [-0.15, -0.1) is 11.3 Å². The van der Waals surface area contributed by atoms with Crippen molar-refractivity contribution >= 4 is 25.1 Å². The molecule has 2 rings (SSSR count). The second kappa shape index (κ2) is 4.32. The van der Waals surface area contributed by atoms with E-state index in [0.717, 1.165) is 0 Å². The molecule has 3 heteroatoms. The van der Waals surface area contributed by atoms with Crippen molar-refractivity contribution < 1.29 is 0 Å². The lowest BCUT2D eigenvalue weighted by Gasteiger charge is -2.38. The first-order chi connectivity index (χ1) is 8.13. The van der Waals surface area contributed by atoms with Crippen LogP contribution in [0.1, 0.15) is 50.6 Å².